The standard InChI is InChI=1S/C16H31N/c1-3-4-13-7-10-15(11-8-13)16(17-2)12-9-14-5-6-14/h13-17H,3-12H2,1-2H3. The Kier molecular flexibility index (Phi) is 5.34. The molecule has 0 spiro atoms. The van der Waals surface area contributed by atoms with Crippen molar-refractivity contribution in [1.82, 2.24) is 5.32 Å². The highest BCUT2D eigenvalue weighted by molar-refractivity contribution is 4.83. The highest BCUT2D eigenvalue weighted by Crippen LogP contribution is 2.37. The fourth-order valence-corrected chi connectivity index (χ4v) is 3.73. The molecule has 0 aromatic rings. The van der Waals surface area contributed by atoms with Crippen LogP contribution in [0.15, 0.2) is 0 Å². The summed E-state index contributed by atoms with van der Waals surface area (Å²) in [4.78, 5) is 0. The molecular weight excluding hydrogens is 206 g/mol. The summed E-state index contributed by atoms with van der Waals surface area (Å²) >= 11 is 0. The smallest absolute Gasteiger partial charge is 0.00924 e. The first-order chi connectivity index (χ1) is 8.33. The van der Waals surface area contributed by atoms with E-state index in [9.17, 15) is 0 Å². The molecule has 1 atom stereocenters. The van der Waals surface area contributed by atoms with E-state index in [4.69, 9.17) is 0 Å². The lowest BCUT2D eigenvalue weighted by atomic mass is 9.76. The minimum absolute atomic E-state index is 0.818. The van der Waals surface area contributed by atoms with E-state index < -0.39 is 0 Å². The maximum absolute atomic E-state index is 3.60. The van der Waals surface area contributed by atoms with E-state index in [0.29, 0.717) is 0 Å². The highest BCUT2D eigenvalue weighted by atomic mass is 14.9. The maximum Gasteiger partial charge on any atom is 0.00924 e. The van der Waals surface area contributed by atoms with Gasteiger partial charge in [0, 0.05) is 6.04 Å². The van der Waals surface area contributed by atoms with Crippen LogP contribution in [0, 0.1) is 17.8 Å². The number of hydrogen-bond donors (Lipinski definition) is 1. The molecule has 0 aromatic carbocycles. The third-order valence-electron chi connectivity index (χ3n) is 5.11. The Hall–Kier alpha value is -0.0400. The summed E-state index contributed by atoms with van der Waals surface area (Å²) in [6.07, 6.45) is 14.8. The van der Waals surface area contributed by atoms with E-state index in [0.717, 1.165) is 23.8 Å². The highest BCUT2D eigenvalue weighted by Gasteiger charge is 2.28. The molecule has 0 aliphatic heterocycles. The lowest BCUT2D eigenvalue weighted by Crippen LogP contribution is -2.36. The lowest BCUT2D eigenvalue weighted by Gasteiger charge is -2.34. The average molecular weight is 237 g/mol. The molecule has 0 heterocycles. The van der Waals surface area contributed by atoms with Gasteiger partial charge in [0.05, 0.1) is 0 Å². The predicted molar refractivity (Wildman–Crippen MR) is 75.2 cm³/mol. The van der Waals surface area contributed by atoms with Gasteiger partial charge in [-0.2, -0.15) is 0 Å². The van der Waals surface area contributed by atoms with Gasteiger partial charge >= 0.3 is 0 Å². The molecule has 2 rings (SSSR count). The second-order valence-corrected chi connectivity index (χ2v) is 6.49. The quantitative estimate of drug-likeness (QED) is 0.693. The Morgan fingerprint density at radius 3 is 2.06 bits per heavy atom. The van der Waals surface area contributed by atoms with Crippen molar-refractivity contribution in [2.75, 3.05) is 7.05 Å². The first-order valence-corrected chi connectivity index (χ1v) is 8.00. The van der Waals surface area contributed by atoms with Gasteiger partial charge < -0.3 is 5.32 Å². The maximum atomic E-state index is 3.60. The summed E-state index contributed by atoms with van der Waals surface area (Å²) in [5.74, 6) is 3.13. The molecule has 17 heavy (non-hydrogen) atoms. The van der Waals surface area contributed by atoms with Gasteiger partial charge in [0.2, 0.25) is 0 Å². The molecule has 0 saturated heterocycles. The van der Waals surface area contributed by atoms with Gasteiger partial charge in [-0.15, -0.1) is 0 Å². The monoisotopic (exact) mass is 237 g/mol. The minimum Gasteiger partial charge on any atom is -0.317 e. The SMILES string of the molecule is CCCC1CCC(C(CCC2CC2)NC)CC1. The van der Waals surface area contributed by atoms with Crippen molar-refractivity contribution in [3.63, 3.8) is 0 Å². The van der Waals surface area contributed by atoms with Gasteiger partial charge in [-0.3, -0.25) is 0 Å². The van der Waals surface area contributed by atoms with Crippen LogP contribution in [0.3, 0.4) is 0 Å². The number of nitrogens with one attached hydrogen (secondary N) is 1. The first-order valence-electron chi connectivity index (χ1n) is 8.00. The number of hydrogen-bond acceptors (Lipinski definition) is 1. The van der Waals surface area contributed by atoms with Gasteiger partial charge in [0.1, 0.15) is 0 Å². The van der Waals surface area contributed by atoms with E-state index in [1.54, 1.807) is 0 Å². The minimum atomic E-state index is 0.818. The Morgan fingerprint density at radius 1 is 0.941 bits per heavy atom. The van der Waals surface area contributed by atoms with Gasteiger partial charge in [-0.1, -0.05) is 45.4 Å². The lowest BCUT2D eigenvalue weighted by molar-refractivity contribution is 0.209. The van der Waals surface area contributed by atoms with Gasteiger partial charge in [-0.25, -0.2) is 0 Å². The molecule has 2 fully saturated rings. The van der Waals surface area contributed by atoms with Gasteiger partial charge in [-0.05, 0) is 50.5 Å². The Bertz CT molecular complexity index is 202. The molecule has 1 heteroatoms. The topological polar surface area (TPSA) is 12.0 Å². The van der Waals surface area contributed by atoms with E-state index >= 15 is 0 Å². The summed E-state index contributed by atoms with van der Waals surface area (Å²) < 4.78 is 0. The van der Waals surface area contributed by atoms with E-state index in [-0.39, 0.29) is 0 Å². The summed E-state index contributed by atoms with van der Waals surface area (Å²) in [7, 11) is 2.18. The molecule has 1 unspecified atom stereocenters. The Labute approximate surface area is 108 Å². The van der Waals surface area contributed by atoms with Gasteiger partial charge in [0.25, 0.3) is 0 Å². The zero-order valence-electron chi connectivity index (χ0n) is 11.9. The van der Waals surface area contributed by atoms with Gasteiger partial charge in [0.15, 0.2) is 0 Å². The summed E-state index contributed by atoms with van der Waals surface area (Å²) in [5, 5.41) is 3.60. The van der Waals surface area contributed by atoms with Crippen LogP contribution < -0.4 is 5.32 Å². The van der Waals surface area contributed by atoms with Crippen LogP contribution in [0.25, 0.3) is 0 Å². The van der Waals surface area contributed by atoms with Crippen LogP contribution in [0.1, 0.15) is 71.1 Å². The summed E-state index contributed by atoms with van der Waals surface area (Å²) in [6, 6.07) is 0.818. The molecular formula is C16H31N. The summed E-state index contributed by atoms with van der Waals surface area (Å²) in [5.41, 5.74) is 0. The molecule has 2 aliphatic carbocycles. The van der Waals surface area contributed by atoms with E-state index in [1.165, 1.54) is 64.2 Å². The first kappa shape index (κ1) is 13.4. The molecule has 0 amide bonds. The molecule has 100 valence electrons. The third-order valence-corrected chi connectivity index (χ3v) is 5.11. The zero-order chi connectivity index (χ0) is 12.1. The van der Waals surface area contributed by atoms with Crippen LogP contribution in [-0.4, -0.2) is 13.1 Å². The normalized spacial score (nSPS) is 31.4. The largest absolute Gasteiger partial charge is 0.317 e. The van der Waals surface area contributed by atoms with Crippen LogP contribution in [0.2, 0.25) is 0 Å². The van der Waals surface area contributed by atoms with Crippen molar-refractivity contribution in [2.24, 2.45) is 17.8 Å². The van der Waals surface area contributed by atoms with Crippen LogP contribution in [-0.2, 0) is 0 Å². The van der Waals surface area contributed by atoms with E-state index in [1.807, 2.05) is 0 Å². The average Bonchev–Trinajstić information content (AvgIpc) is 3.16. The third kappa shape index (κ3) is 4.28. The molecule has 1 N–H and O–H groups in total. The molecule has 0 aromatic heterocycles. The number of rotatable bonds is 7. The zero-order valence-corrected chi connectivity index (χ0v) is 11.9. The van der Waals surface area contributed by atoms with Crippen molar-refractivity contribution < 1.29 is 0 Å². The van der Waals surface area contributed by atoms with Crippen molar-refractivity contribution in [2.45, 2.75) is 77.2 Å². The van der Waals surface area contributed by atoms with Crippen molar-refractivity contribution in [3.8, 4) is 0 Å². The Morgan fingerprint density at radius 2 is 1.53 bits per heavy atom. The molecule has 2 saturated carbocycles. The van der Waals surface area contributed by atoms with Crippen LogP contribution >= 0.6 is 0 Å². The van der Waals surface area contributed by atoms with Crippen LogP contribution in [0.4, 0.5) is 0 Å². The molecule has 1 nitrogen and oxygen atoms in total. The fraction of sp³-hybridized carbons (Fsp3) is 1.00. The molecule has 0 radical (unpaired) electrons. The Balaban J connectivity index is 1.68. The fourth-order valence-electron chi connectivity index (χ4n) is 3.73. The van der Waals surface area contributed by atoms with E-state index in [2.05, 4.69) is 19.3 Å². The predicted octanol–water partition coefficient (Wildman–Crippen LogP) is 4.37. The van der Waals surface area contributed by atoms with Crippen molar-refractivity contribution in [1.29, 1.82) is 0 Å². The van der Waals surface area contributed by atoms with Crippen LogP contribution in [0.5, 0.6) is 0 Å². The molecule has 0 bridgehead atoms. The second kappa shape index (κ2) is 6.78. The summed E-state index contributed by atoms with van der Waals surface area (Å²) in [6.45, 7) is 2.33. The van der Waals surface area contributed by atoms with Crippen molar-refractivity contribution >= 4 is 0 Å². The second-order valence-electron chi connectivity index (χ2n) is 6.49. The van der Waals surface area contributed by atoms with Crippen molar-refractivity contribution in [3.05, 3.63) is 0 Å². The molecule has 2 aliphatic rings.